The fourth-order valence-corrected chi connectivity index (χ4v) is 2.55. The second-order valence-corrected chi connectivity index (χ2v) is 4.62. The van der Waals surface area contributed by atoms with Crippen molar-refractivity contribution >= 4 is 16.5 Å². The molecule has 1 atom stereocenters. The number of nitrogens with zero attached hydrogens (tertiary/aromatic N) is 2. The van der Waals surface area contributed by atoms with Gasteiger partial charge >= 0.3 is 0 Å². The quantitative estimate of drug-likeness (QED) is 0.808. The number of anilines is 1. The Bertz CT molecular complexity index is 518. The summed E-state index contributed by atoms with van der Waals surface area (Å²) in [6.45, 7) is 5.44. The van der Waals surface area contributed by atoms with E-state index in [9.17, 15) is 0 Å². The van der Waals surface area contributed by atoms with Crippen molar-refractivity contribution in [3.05, 3.63) is 36.7 Å². The third-order valence-corrected chi connectivity index (χ3v) is 3.47. The average molecular weight is 227 g/mol. The smallest absolute Gasteiger partial charge is 0.0464 e. The van der Waals surface area contributed by atoms with E-state index in [1.54, 1.807) is 0 Å². The van der Waals surface area contributed by atoms with Gasteiger partial charge in [-0.05, 0) is 24.4 Å². The normalized spacial score (nSPS) is 20.8. The van der Waals surface area contributed by atoms with Crippen LogP contribution in [0.2, 0.25) is 0 Å². The molecule has 0 saturated carbocycles. The molecule has 0 radical (unpaired) electrons. The number of hydrogen-bond donors (Lipinski definition) is 1. The van der Waals surface area contributed by atoms with E-state index in [1.165, 1.54) is 16.5 Å². The molecule has 1 aromatic carbocycles. The molecular formula is C14H17N3. The Hall–Kier alpha value is -1.61. The summed E-state index contributed by atoms with van der Waals surface area (Å²) in [4.78, 5) is 6.72. The van der Waals surface area contributed by atoms with Gasteiger partial charge < -0.3 is 10.2 Å². The van der Waals surface area contributed by atoms with Gasteiger partial charge in [-0.15, -0.1) is 0 Å². The minimum absolute atomic E-state index is 0.537. The van der Waals surface area contributed by atoms with Gasteiger partial charge in [0, 0.05) is 49.1 Å². The lowest BCUT2D eigenvalue weighted by Gasteiger charge is -2.36. The molecule has 3 rings (SSSR count). The summed E-state index contributed by atoms with van der Waals surface area (Å²) in [5.74, 6) is 0. The zero-order valence-electron chi connectivity index (χ0n) is 10.1. The Morgan fingerprint density at radius 1 is 1.35 bits per heavy atom. The number of rotatable bonds is 1. The van der Waals surface area contributed by atoms with E-state index in [2.05, 4.69) is 46.4 Å². The Labute approximate surface area is 101 Å². The summed E-state index contributed by atoms with van der Waals surface area (Å²) < 4.78 is 0. The highest BCUT2D eigenvalue weighted by Crippen LogP contribution is 2.27. The van der Waals surface area contributed by atoms with Gasteiger partial charge in [0.05, 0.1) is 0 Å². The minimum atomic E-state index is 0.537. The molecule has 88 valence electrons. The molecule has 1 fully saturated rings. The van der Waals surface area contributed by atoms with Crippen molar-refractivity contribution in [1.29, 1.82) is 0 Å². The van der Waals surface area contributed by atoms with Gasteiger partial charge in [0.1, 0.15) is 0 Å². The Morgan fingerprint density at radius 2 is 2.29 bits per heavy atom. The highest BCUT2D eigenvalue weighted by Gasteiger charge is 2.19. The van der Waals surface area contributed by atoms with Crippen molar-refractivity contribution in [1.82, 2.24) is 10.3 Å². The first-order valence-electron chi connectivity index (χ1n) is 6.16. The third-order valence-electron chi connectivity index (χ3n) is 3.47. The second kappa shape index (κ2) is 4.34. The van der Waals surface area contributed by atoms with Crippen LogP contribution in [0.4, 0.5) is 5.69 Å². The molecule has 1 unspecified atom stereocenters. The van der Waals surface area contributed by atoms with Crippen molar-refractivity contribution in [3.8, 4) is 0 Å². The Morgan fingerprint density at radius 3 is 3.18 bits per heavy atom. The lowest BCUT2D eigenvalue weighted by Crippen LogP contribution is -2.50. The van der Waals surface area contributed by atoms with Gasteiger partial charge in [0.2, 0.25) is 0 Å². The lowest BCUT2D eigenvalue weighted by molar-refractivity contribution is 0.502. The van der Waals surface area contributed by atoms with Crippen LogP contribution >= 0.6 is 0 Å². The maximum absolute atomic E-state index is 4.25. The highest BCUT2D eigenvalue weighted by atomic mass is 15.2. The number of aromatic nitrogens is 1. The molecule has 0 bridgehead atoms. The number of nitrogens with one attached hydrogen (secondary N) is 1. The van der Waals surface area contributed by atoms with Crippen LogP contribution in [-0.4, -0.2) is 30.7 Å². The van der Waals surface area contributed by atoms with Gasteiger partial charge in [0.25, 0.3) is 0 Å². The second-order valence-electron chi connectivity index (χ2n) is 4.62. The zero-order valence-corrected chi connectivity index (χ0v) is 10.1. The topological polar surface area (TPSA) is 28.2 Å². The van der Waals surface area contributed by atoms with Crippen LogP contribution in [0.5, 0.6) is 0 Å². The molecule has 0 spiro atoms. The van der Waals surface area contributed by atoms with Crippen LogP contribution in [0.25, 0.3) is 10.8 Å². The van der Waals surface area contributed by atoms with Crippen LogP contribution in [0, 0.1) is 0 Å². The van der Waals surface area contributed by atoms with Gasteiger partial charge in [0.15, 0.2) is 0 Å². The SMILES string of the molecule is CC1CNCCN1c1cccc2ccncc12. The van der Waals surface area contributed by atoms with Gasteiger partial charge in [-0.2, -0.15) is 0 Å². The summed E-state index contributed by atoms with van der Waals surface area (Å²) in [7, 11) is 0. The van der Waals surface area contributed by atoms with Crippen LogP contribution in [0.15, 0.2) is 36.7 Å². The van der Waals surface area contributed by atoms with Crippen LogP contribution < -0.4 is 10.2 Å². The van der Waals surface area contributed by atoms with E-state index in [1.807, 2.05) is 12.4 Å². The summed E-state index contributed by atoms with van der Waals surface area (Å²) in [6, 6.07) is 9.09. The van der Waals surface area contributed by atoms with E-state index in [0.717, 1.165) is 19.6 Å². The monoisotopic (exact) mass is 227 g/mol. The number of pyridine rings is 1. The van der Waals surface area contributed by atoms with Crippen molar-refractivity contribution in [2.45, 2.75) is 13.0 Å². The third kappa shape index (κ3) is 1.87. The predicted octanol–water partition coefficient (Wildman–Crippen LogP) is 2.03. The molecule has 2 heterocycles. The van der Waals surface area contributed by atoms with Crippen molar-refractivity contribution < 1.29 is 0 Å². The molecule has 1 saturated heterocycles. The number of benzene rings is 1. The molecule has 3 heteroatoms. The zero-order chi connectivity index (χ0) is 11.7. The predicted molar refractivity (Wildman–Crippen MR) is 71.4 cm³/mol. The number of hydrogen-bond acceptors (Lipinski definition) is 3. The van der Waals surface area contributed by atoms with Crippen LogP contribution in [0.1, 0.15) is 6.92 Å². The molecule has 0 aliphatic carbocycles. The first-order valence-corrected chi connectivity index (χ1v) is 6.16. The molecule has 1 aromatic heterocycles. The largest absolute Gasteiger partial charge is 0.366 e. The molecule has 0 amide bonds. The first kappa shape index (κ1) is 10.5. The summed E-state index contributed by atoms with van der Waals surface area (Å²) >= 11 is 0. The molecular weight excluding hydrogens is 210 g/mol. The molecule has 1 N–H and O–H groups in total. The maximum atomic E-state index is 4.25. The van der Waals surface area contributed by atoms with Crippen molar-refractivity contribution in [2.75, 3.05) is 24.5 Å². The average Bonchev–Trinajstić information content (AvgIpc) is 2.39. The van der Waals surface area contributed by atoms with E-state index in [-0.39, 0.29) is 0 Å². The fraction of sp³-hybridized carbons (Fsp3) is 0.357. The Kier molecular flexibility index (Phi) is 2.69. The molecule has 2 aromatic rings. The summed E-state index contributed by atoms with van der Waals surface area (Å²) in [6.07, 6.45) is 3.83. The van der Waals surface area contributed by atoms with E-state index < -0.39 is 0 Å². The number of fused-ring (bicyclic) bond motifs is 1. The fourth-order valence-electron chi connectivity index (χ4n) is 2.55. The minimum Gasteiger partial charge on any atom is -0.366 e. The molecule has 17 heavy (non-hydrogen) atoms. The molecule has 1 aliphatic heterocycles. The van der Waals surface area contributed by atoms with E-state index >= 15 is 0 Å². The highest BCUT2D eigenvalue weighted by molar-refractivity contribution is 5.93. The standard InChI is InChI=1S/C14H17N3/c1-11-9-16-7-8-17(11)14-4-2-3-12-5-6-15-10-13(12)14/h2-6,10-11,16H,7-9H2,1H3. The molecule has 3 nitrogen and oxygen atoms in total. The maximum Gasteiger partial charge on any atom is 0.0464 e. The molecule has 1 aliphatic rings. The van der Waals surface area contributed by atoms with Crippen LogP contribution in [0.3, 0.4) is 0 Å². The number of piperazine rings is 1. The van der Waals surface area contributed by atoms with Crippen LogP contribution in [-0.2, 0) is 0 Å². The van der Waals surface area contributed by atoms with Crippen molar-refractivity contribution in [3.63, 3.8) is 0 Å². The van der Waals surface area contributed by atoms with Gasteiger partial charge in [-0.3, -0.25) is 4.98 Å². The summed E-state index contributed by atoms with van der Waals surface area (Å²) in [5, 5.41) is 5.95. The Balaban J connectivity index is 2.10. The van der Waals surface area contributed by atoms with E-state index in [4.69, 9.17) is 0 Å². The first-order chi connectivity index (χ1) is 8.36. The van der Waals surface area contributed by atoms with Crippen molar-refractivity contribution in [2.24, 2.45) is 0 Å². The van der Waals surface area contributed by atoms with Gasteiger partial charge in [-0.1, -0.05) is 12.1 Å². The van der Waals surface area contributed by atoms with Gasteiger partial charge in [-0.25, -0.2) is 0 Å². The lowest BCUT2D eigenvalue weighted by atomic mass is 10.1. The summed E-state index contributed by atoms with van der Waals surface area (Å²) in [5.41, 5.74) is 1.31. The van der Waals surface area contributed by atoms with E-state index in [0.29, 0.717) is 6.04 Å².